The quantitative estimate of drug-likeness (QED) is 0.434. The zero-order chi connectivity index (χ0) is 16.1. The van der Waals surface area contributed by atoms with Crippen LogP contribution >= 0.6 is 7.92 Å². The summed E-state index contributed by atoms with van der Waals surface area (Å²) in [6, 6.07) is 11.5. The van der Waals surface area contributed by atoms with Gasteiger partial charge in [-0.2, -0.15) is 0 Å². The molecular weight excluding hydrogens is 311 g/mol. The van der Waals surface area contributed by atoms with E-state index in [1.54, 1.807) is 36.7 Å². The number of rotatable bonds is 5. The van der Waals surface area contributed by atoms with Crippen LogP contribution in [0.2, 0.25) is 13.1 Å². The van der Waals surface area contributed by atoms with E-state index in [0.717, 1.165) is 11.3 Å². The summed E-state index contributed by atoms with van der Waals surface area (Å²) in [7, 11) is -1.03. The molecule has 3 rings (SSSR count). The maximum absolute atomic E-state index is 2.64. The lowest BCUT2D eigenvalue weighted by molar-refractivity contribution is 0.485. The fraction of sp³-hybridized carbons (Fsp3) is 0.714. The Labute approximate surface area is 146 Å². The van der Waals surface area contributed by atoms with Gasteiger partial charge < -0.3 is 0 Å². The van der Waals surface area contributed by atoms with Crippen molar-refractivity contribution in [2.24, 2.45) is 0 Å². The molecule has 128 valence electrons. The van der Waals surface area contributed by atoms with Gasteiger partial charge >= 0.3 is 0 Å². The van der Waals surface area contributed by atoms with Gasteiger partial charge in [-0.15, -0.1) is 7.92 Å². The van der Waals surface area contributed by atoms with Crippen molar-refractivity contribution in [3.05, 3.63) is 30.3 Å². The maximum atomic E-state index is 2.64. The van der Waals surface area contributed by atoms with Crippen LogP contribution in [0.3, 0.4) is 0 Å². The molecule has 0 aliphatic heterocycles. The molecule has 0 unspecified atom stereocenters. The molecule has 2 aliphatic carbocycles. The first-order valence-electron chi connectivity index (χ1n) is 9.98. The third-order valence-electron chi connectivity index (χ3n) is 6.22. The predicted octanol–water partition coefficient (Wildman–Crippen LogP) is 6.29. The van der Waals surface area contributed by atoms with Gasteiger partial charge in [-0.25, -0.2) is 0 Å². The van der Waals surface area contributed by atoms with Crippen molar-refractivity contribution in [1.82, 2.24) is 0 Å². The van der Waals surface area contributed by atoms with Crippen LogP contribution in [0.1, 0.15) is 64.2 Å². The molecule has 2 aliphatic rings. The maximum Gasteiger partial charge on any atom is 0.0848 e. The third-order valence-corrected chi connectivity index (χ3v) is 15.6. The van der Waals surface area contributed by atoms with Crippen LogP contribution in [-0.4, -0.2) is 25.2 Å². The standard InChI is InChI=1S/C21H35PSi/c1-23(2,21-16-10-5-11-17-21)18-22(19-12-6-3-7-13-19)20-14-8-4-9-15-20/h5,10-11,16-17,19-20H,3-4,6-9,12-15,18H2,1-2H3. The molecule has 0 aromatic heterocycles. The summed E-state index contributed by atoms with van der Waals surface area (Å²) in [4.78, 5) is 0. The zero-order valence-electron chi connectivity index (χ0n) is 15.3. The summed E-state index contributed by atoms with van der Waals surface area (Å²) in [5.41, 5.74) is 2.22. The smallest absolute Gasteiger partial charge is 0.0848 e. The van der Waals surface area contributed by atoms with Crippen molar-refractivity contribution in [3.63, 3.8) is 0 Å². The van der Waals surface area contributed by atoms with Crippen LogP contribution in [0, 0.1) is 0 Å². The molecule has 0 N–H and O–H groups in total. The first-order valence-corrected chi connectivity index (χ1v) is 14.9. The monoisotopic (exact) mass is 346 g/mol. The second-order valence-corrected chi connectivity index (χ2v) is 16.6. The second kappa shape index (κ2) is 8.30. The molecule has 2 saturated carbocycles. The molecule has 0 amide bonds. The average Bonchev–Trinajstić information content (AvgIpc) is 2.62. The van der Waals surface area contributed by atoms with Crippen molar-refractivity contribution in [2.75, 3.05) is 5.79 Å². The Hall–Kier alpha value is -0.133. The van der Waals surface area contributed by atoms with Crippen molar-refractivity contribution >= 4 is 21.2 Å². The average molecular weight is 347 g/mol. The van der Waals surface area contributed by atoms with E-state index in [2.05, 4.69) is 43.4 Å². The minimum atomic E-state index is -1.28. The van der Waals surface area contributed by atoms with E-state index in [1.165, 1.54) is 38.5 Å². The molecule has 0 atom stereocenters. The Kier molecular flexibility index (Phi) is 6.38. The fourth-order valence-electron chi connectivity index (χ4n) is 4.82. The SMILES string of the molecule is C[Si](C)(CP(C1CCCCC1)C1CCCCC1)c1ccccc1. The van der Waals surface area contributed by atoms with Crippen LogP contribution in [0.4, 0.5) is 0 Å². The number of benzene rings is 1. The van der Waals surface area contributed by atoms with Crippen molar-refractivity contribution < 1.29 is 0 Å². The summed E-state index contributed by atoms with van der Waals surface area (Å²) < 4.78 is 0. The van der Waals surface area contributed by atoms with Crippen molar-refractivity contribution in [1.29, 1.82) is 0 Å². The highest BCUT2D eigenvalue weighted by molar-refractivity contribution is 7.62. The van der Waals surface area contributed by atoms with E-state index < -0.39 is 8.07 Å². The minimum absolute atomic E-state index is 0.253. The molecule has 0 spiro atoms. The lowest BCUT2D eigenvalue weighted by Crippen LogP contribution is -2.46. The Morgan fingerprint density at radius 1 is 0.783 bits per heavy atom. The highest BCUT2D eigenvalue weighted by Crippen LogP contribution is 2.56. The van der Waals surface area contributed by atoms with E-state index in [1.807, 2.05) is 0 Å². The summed E-state index contributed by atoms with van der Waals surface area (Å²) in [5.74, 6) is 1.60. The summed E-state index contributed by atoms with van der Waals surface area (Å²) >= 11 is 0. The molecule has 0 saturated heterocycles. The Bertz CT molecular complexity index is 440. The molecule has 0 nitrogen and oxygen atoms in total. The molecule has 1 aromatic carbocycles. The van der Waals surface area contributed by atoms with Gasteiger partial charge in [-0.05, 0) is 42.8 Å². The third kappa shape index (κ3) is 4.70. The first kappa shape index (κ1) is 17.7. The minimum Gasteiger partial charge on any atom is -0.103 e. The Morgan fingerprint density at radius 3 is 1.74 bits per heavy atom. The Morgan fingerprint density at radius 2 is 1.26 bits per heavy atom. The number of hydrogen-bond acceptors (Lipinski definition) is 0. The van der Waals surface area contributed by atoms with Crippen LogP contribution in [0.5, 0.6) is 0 Å². The topological polar surface area (TPSA) is 0 Å². The number of hydrogen-bond donors (Lipinski definition) is 0. The van der Waals surface area contributed by atoms with E-state index in [4.69, 9.17) is 0 Å². The molecule has 2 fully saturated rings. The predicted molar refractivity (Wildman–Crippen MR) is 109 cm³/mol. The van der Waals surface area contributed by atoms with Crippen molar-refractivity contribution in [3.8, 4) is 0 Å². The highest BCUT2D eigenvalue weighted by Gasteiger charge is 2.36. The summed E-state index contributed by atoms with van der Waals surface area (Å²) in [6.07, 6.45) is 15.3. The fourth-order valence-corrected chi connectivity index (χ4v) is 15.0. The molecule has 0 bridgehead atoms. The van der Waals surface area contributed by atoms with Gasteiger partial charge in [0.2, 0.25) is 0 Å². The first-order chi connectivity index (χ1) is 11.2. The van der Waals surface area contributed by atoms with Gasteiger partial charge in [0.15, 0.2) is 0 Å². The van der Waals surface area contributed by atoms with Crippen LogP contribution in [-0.2, 0) is 0 Å². The van der Waals surface area contributed by atoms with Crippen LogP contribution < -0.4 is 5.19 Å². The van der Waals surface area contributed by atoms with Crippen LogP contribution in [0.15, 0.2) is 30.3 Å². The van der Waals surface area contributed by atoms with Gasteiger partial charge in [-0.3, -0.25) is 0 Å². The van der Waals surface area contributed by atoms with Crippen LogP contribution in [0.25, 0.3) is 0 Å². The molecule has 23 heavy (non-hydrogen) atoms. The lowest BCUT2D eigenvalue weighted by Gasteiger charge is -2.42. The lowest BCUT2D eigenvalue weighted by atomic mass is 9.99. The molecular formula is C21H35PSi. The molecule has 1 aromatic rings. The Balaban J connectivity index is 1.76. The van der Waals surface area contributed by atoms with Gasteiger partial charge in [0.1, 0.15) is 0 Å². The van der Waals surface area contributed by atoms with Crippen molar-refractivity contribution in [2.45, 2.75) is 88.6 Å². The van der Waals surface area contributed by atoms with Gasteiger partial charge in [-0.1, -0.05) is 87.1 Å². The van der Waals surface area contributed by atoms with Gasteiger partial charge in [0, 0.05) is 0 Å². The zero-order valence-corrected chi connectivity index (χ0v) is 17.2. The van der Waals surface area contributed by atoms with E-state index in [-0.39, 0.29) is 7.92 Å². The summed E-state index contributed by atoms with van der Waals surface area (Å²) in [6.45, 7) is 5.28. The van der Waals surface area contributed by atoms with E-state index >= 15 is 0 Å². The molecule has 2 heteroatoms. The summed E-state index contributed by atoms with van der Waals surface area (Å²) in [5, 5.41) is 1.69. The molecule has 0 heterocycles. The van der Waals surface area contributed by atoms with E-state index in [0.29, 0.717) is 0 Å². The largest absolute Gasteiger partial charge is 0.103 e. The molecule has 0 radical (unpaired) electrons. The van der Waals surface area contributed by atoms with Gasteiger partial charge in [0.05, 0.1) is 8.07 Å². The highest BCUT2D eigenvalue weighted by atomic mass is 31.1. The second-order valence-electron chi connectivity index (χ2n) is 8.51. The normalized spacial score (nSPS) is 21.7. The van der Waals surface area contributed by atoms with E-state index in [9.17, 15) is 0 Å². The van der Waals surface area contributed by atoms with Gasteiger partial charge in [0.25, 0.3) is 0 Å².